The summed E-state index contributed by atoms with van der Waals surface area (Å²) in [5, 5.41) is 3.28. The van der Waals surface area contributed by atoms with E-state index in [-0.39, 0.29) is 5.82 Å². The summed E-state index contributed by atoms with van der Waals surface area (Å²) in [6.45, 7) is 2.73. The van der Waals surface area contributed by atoms with Crippen LogP contribution in [0, 0.1) is 5.82 Å². The lowest BCUT2D eigenvalue weighted by Gasteiger charge is -2.10. The topological polar surface area (TPSA) is 71.2 Å². The Balaban J connectivity index is 2.20. The Morgan fingerprint density at radius 2 is 2.29 bits per heavy atom. The highest BCUT2D eigenvalue weighted by Crippen LogP contribution is 2.28. The van der Waals surface area contributed by atoms with Crippen molar-refractivity contribution in [2.24, 2.45) is 0 Å². The summed E-state index contributed by atoms with van der Waals surface area (Å²) in [7, 11) is 1.87. The molecule has 2 aromatic rings. The van der Waals surface area contributed by atoms with Gasteiger partial charge in [0.15, 0.2) is 5.13 Å². The van der Waals surface area contributed by atoms with E-state index in [0.717, 1.165) is 6.54 Å². The molecule has 1 amide bonds. The number of carbonyl (C=O) groups is 1. The van der Waals surface area contributed by atoms with Crippen LogP contribution in [0.4, 0.5) is 21.0 Å². The Hall–Kier alpha value is -1.67. The number of halogens is 2. The summed E-state index contributed by atoms with van der Waals surface area (Å²) < 4.78 is 13.8. The molecule has 0 saturated heterocycles. The zero-order valence-electron chi connectivity index (χ0n) is 11.5. The normalized spacial score (nSPS) is 10.5. The van der Waals surface area contributed by atoms with Crippen molar-refractivity contribution in [3.63, 3.8) is 0 Å². The van der Waals surface area contributed by atoms with Crippen LogP contribution in [-0.4, -0.2) is 24.5 Å². The number of benzene rings is 1. The van der Waals surface area contributed by atoms with Crippen LogP contribution >= 0.6 is 27.3 Å². The van der Waals surface area contributed by atoms with Crippen LogP contribution in [0.15, 0.2) is 22.7 Å². The molecule has 112 valence electrons. The van der Waals surface area contributed by atoms with E-state index in [0.29, 0.717) is 20.2 Å². The van der Waals surface area contributed by atoms with E-state index in [1.54, 1.807) is 6.07 Å². The molecule has 0 aliphatic rings. The Kier molecular flexibility index (Phi) is 4.79. The van der Waals surface area contributed by atoms with E-state index >= 15 is 0 Å². The third kappa shape index (κ3) is 3.51. The van der Waals surface area contributed by atoms with Crippen molar-refractivity contribution in [2.75, 3.05) is 29.5 Å². The number of nitrogens with two attached hydrogens (primary N) is 1. The zero-order chi connectivity index (χ0) is 15.6. The van der Waals surface area contributed by atoms with E-state index in [9.17, 15) is 9.18 Å². The summed E-state index contributed by atoms with van der Waals surface area (Å²) in [5.74, 6) is -0.677. The molecule has 0 aliphatic heterocycles. The molecule has 0 atom stereocenters. The molecule has 0 bridgehead atoms. The summed E-state index contributed by atoms with van der Waals surface area (Å²) in [6, 6.07) is 4.36. The molecular formula is C13H14BrFN4OS. The first kappa shape index (κ1) is 15.7. The van der Waals surface area contributed by atoms with Gasteiger partial charge in [-0.1, -0.05) is 11.3 Å². The second kappa shape index (κ2) is 6.40. The van der Waals surface area contributed by atoms with Gasteiger partial charge >= 0.3 is 0 Å². The maximum absolute atomic E-state index is 13.4. The lowest BCUT2D eigenvalue weighted by atomic mass is 10.3. The second-order valence-electron chi connectivity index (χ2n) is 4.31. The molecule has 8 heteroatoms. The van der Waals surface area contributed by atoms with Crippen LogP contribution in [0.25, 0.3) is 0 Å². The minimum Gasteiger partial charge on any atom is -0.382 e. The third-order valence-corrected chi connectivity index (χ3v) is 4.65. The number of aromatic nitrogens is 1. The summed E-state index contributed by atoms with van der Waals surface area (Å²) >= 11 is 4.26. The standard InChI is InChI=1S/C13H14BrFN4OS/c1-3-19(2)13-18-11(16)10(21-13)12(20)17-7-4-5-8(14)9(15)6-7/h4-6H,3,16H2,1-2H3,(H,17,20). The SMILES string of the molecule is CCN(C)c1nc(N)c(C(=O)Nc2ccc(Br)c(F)c2)s1. The molecule has 0 spiro atoms. The first-order valence-corrected chi connectivity index (χ1v) is 7.77. The monoisotopic (exact) mass is 372 g/mol. The van der Waals surface area contributed by atoms with Gasteiger partial charge in [0.05, 0.1) is 4.47 Å². The van der Waals surface area contributed by atoms with Crippen molar-refractivity contribution in [2.45, 2.75) is 6.92 Å². The summed E-state index contributed by atoms with van der Waals surface area (Å²) in [4.78, 5) is 18.5. The highest BCUT2D eigenvalue weighted by atomic mass is 79.9. The molecule has 3 N–H and O–H groups in total. The molecule has 21 heavy (non-hydrogen) atoms. The van der Waals surface area contributed by atoms with Gasteiger partial charge in [-0.15, -0.1) is 0 Å². The molecule has 0 aliphatic carbocycles. The van der Waals surface area contributed by atoms with E-state index in [1.165, 1.54) is 23.5 Å². The number of hydrogen-bond donors (Lipinski definition) is 2. The smallest absolute Gasteiger partial charge is 0.269 e. The van der Waals surface area contributed by atoms with Crippen LogP contribution < -0.4 is 16.0 Å². The molecule has 1 aromatic carbocycles. The zero-order valence-corrected chi connectivity index (χ0v) is 13.9. The highest BCUT2D eigenvalue weighted by Gasteiger charge is 2.18. The lowest BCUT2D eigenvalue weighted by Crippen LogP contribution is -2.15. The molecule has 0 radical (unpaired) electrons. The number of hydrogen-bond acceptors (Lipinski definition) is 5. The number of nitrogens with zero attached hydrogens (tertiary/aromatic N) is 2. The van der Waals surface area contributed by atoms with Crippen LogP contribution in [0.3, 0.4) is 0 Å². The van der Waals surface area contributed by atoms with Crippen molar-refractivity contribution in [3.8, 4) is 0 Å². The average molecular weight is 373 g/mol. The van der Waals surface area contributed by atoms with Crippen LogP contribution in [0.1, 0.15) is 16.6 Å². The molecule has 0 saturated carbocycles. The van der Waals surface area contributed by atoms with Gasteiger partial charge in [0.25, 0.3) is 5.91 Å². The Labute approximate surface area is 134 Å². The minimum atomic E-state index is -0.448. The Morgan fingerprint density at radius 1 is 1.57 bits per heavy atom. The highest BCUT2D eigenvalue weighted by molar-refractivity contribution is 9.10. The molecular weight excluding hydrogens is 359 g/mol. The Morgan fingerprint density at radius 3 is 2.90 bits per heavy atom. The van der Waals surface area contributed by atoms with Crippen molar-refractivity contribution >= 4 is 49.8 Å². The summed E-state index contributed by atoms with van der Waals surface area (Å²) in [5.41, 5.74) is 6.13. The van der Waals surface area contributed by atoms with Crippen molar-refractivity contribution in [1.29, 1.82) is 0 Å². The molecule has 1 aromatic heterocycles. The predicted octanol–water partition coefficient (Wildman–Crippen LogP) is 3.34. The van der Waals surface area contributed by atoms with Gasteiger partial charge in [-0.3, -0.25) is 4.79 Å². The van der Waals surface area contributed by atoms with Gasteiger partial charge < -0.3 is 16.0 Å². The first-order valence-electron chi connectivity index (χ1n) is 6.16. The van der Waals surface area contributed by atoms with Gasteiger partial charge in [-0.05, 0) is 41.1 Å². The van der Waals surface area contributed by atoms with Crippen LogP contribution in [0.2, 0.25) is 0 Å². The number of nitrogen functional groups attached to an aromatic ring is 1. The first-order chi connectivity index (χ1) is 9.92. The fraction of sp³-hybridized carbons (Fsp3) is 0.231. The number of anilines is 3. The molecule has 2 rings (SSSR count). The van der Waals surface area contributed by atoms with Gasteiger partial charge in [-0.25, -0.2) is 9.37 Å². The fourth-order valence-electron chi connectivity index (χ4n) is 1.54. The fourth-order valence-corrected chi connectivity index (χ4v) is 2.70. The predicted molar refractivity (Wildman–Crippen MR) is 87.5 cm³/mol. The van der Waals surface area contributed by atoms with E-state index in [2.05, 4.69) is 26.2 Å². The van der Waals surface area contributed by atoms with E-state index in [1.807, 2.05) is 18.9 Å². The number of amides is 1. The van der Waals surface area contributed by atoms with Crippen LogP contribution in [-0.2, 0) is 0 Å². The number of thiazole rings is 1. The Bertz CT molecular complexity index is 676. The maximum atomic E-state index is 13.4. The van der Waals surface area contributed by atoms with Gasteiger partial charge in [0.2, 0.25) is 0 Å². The minimum absolute atomic E-state index is 0.172. The molecule has 0 fully saturated rings. The second-order valence-corrected chi connectivity index (χ2v) is 6.14. The maximum Gasteiger partial charge on any atom is 0.269 e. The summed E-state index contributed by atoms with van der Waals surface area (Å²) in [6.07, 6.45) is 0. The lowest BCUT2D eigenvalue weighted by molar-refractivity contribution is 0.103. The van der Waals surface area contributed by atoms with Crippen molar-refractivity contribution in [3.05, 3.63) is 33.4 Å². The van der Waals surface area contributed by atoms with Gasteiger partial charge in [0.1, 0.15) is 16.5 Å². The van der Waals surface area contributed by atoms with Gasteiger partial charge in [0, 0.05) is 19.3 Å². The third-order valence-electron chi connectivity index (χ3n) is 2.83. The van der Waals surface area contributed by atoms with Crippen molar-refractivity contribution in [1.82, 2.24) is 4.98 Å². The quantitative estimate of drug-likeness (QED) is 0.863. The molecule has 0 unspecified atom stereocenters. The van der Waals surface area contributed by atoms with E-state index < -0.39 is 11.7 Å². The average Bonchev–Trinajstić information content (AvgIpc) is 2.84. The van der Waals surface area contributed by atoms with E-state index in [4.69, 9.17) is 5.73 Å². The molecule has 5 nitrogen and oxygen atoms in total. The van der Waals surface area contributed by atoms with Gasteiger partial charge in [-0.2, -0.15) is 0 Å². The molecule has 1 heterocycles. The number of carbonyl (C=O) groups excluding carboxylic acids is 1. The number of nitrogens with one attached hydrogen (secondary N) is 1. The number of rotatable bonds is 4. The van der Waals surface area contributed by atoms with Crippen LogP contribution in [0.5, 0.6) is 0 Å². The largest absolute Gasteiger partial charge is 0.382 e. The van der Waals surface area contributed by atoms with Crippen molar-refractivity contribution < 1.29 is 9.18 Å².